The minimum absolute atomic E-state index is 0.0554. The first-order valence-corrected chi connectivity index (χ1v) is 7.77. The number of benzene rings is 1. The van der Waals surface area contributed by atoms with E-state index in [1.165, 1.54) is 10.4 Å². The van der Waals surface area contributed by atoms with Crippen LogP contribution in [0.15, 0.2) is 23.1 Å². The molecule has 0 bridgehead atoms. The van der Waals surface area contributed by atoms with E-state index in [1.807, 2.05) is 19.9 Å². The average molecular weight is 280 g/mol. The molecular formula is C14H20N2O2S. The first-order chi connectivity index (χ1) is 8.84. The van der Waals surface area contributed by atoms with Gasteiger partial charge in [0.2, 0.25) is 10.0 Å². The molecule has 0 aliphatic carbocycles. The van der Waals surface area contributed by atoms with Gasteiger partial charge in [0, 0.05) is 13.1 Å². The van der Waals surface area contributed by atoms with Crippen LogP contribution in [0.3, 0.4) is 0 Å². The topological polar surface area (TPSA) is 61.2 Å². The first kappa shape index (κ1) is 15.7. The van der Waals surface area contributed by atoms with E-state index in [0.717, 1.165) is 12.8 Å². The van der Waals surface area contributed by atoms with Crippen LogP contribution in [0.5, 0.6) is 0 Å². The van der Waals surface area contributed by atoms with Gasteiger partial charge in [0.25, 0.3) is 0 Å². The highest BCUT2D eigenvalue weighted by Gasteiger charge is 2.26. The lowest BCUT2D eigenvalue weighted by Crippen LogP contribution is -2.35. The Morgan fingerprint density at radius 2 is 2.05 bits per heavy atom. The summed E-state index contributed by atoms with van der Waals surface area (Å²) >= 11 is 0. The van der Waals surface area contributed by atoms with Gasteiger partial charge in [-0.25, -0.2) is 8.42 Å². The van der Waals surface area contributed by atoms with E-state index in [-0.39, 0.29) is 10.9 Å². The molecule has 5 heteroatoms. The van der Waals surface area contributed by atoms with E-state index in [9.17, 15) is 8.42 Å². The molecule has 0 radical (unpaired) electrons. The summed E-state index contributed by atoms with van der Waals surface area (Å²) < 4.78 is 26.5. The molecule has 0 heterocycles. The summed E-state index contributed by atoms with van der Waals surface area (Å²) in [5.41, 5.74) is 1.02. The van der Waals surface area contributed by atoms with Crippen molar-refractivity contribution in [3.63, 3.8) is 0 Å². The molecular weight excluding hydrogens is 260 g/mol. The van der Waals surface area contributed by atoms with Gasteiger partial charge in [-0.3, -0.25) is 0 Å². The second-order valence-electron chi connectivity index (χ2n) is 4.75. The van der Waals surface area contributed by atoms with Gasteiger partial charge in [0.05, 0.1) is 16.5 Å². The second kappa shape index (κ2) is 6.18. The number of rotatable bonds is 5. The monoisotopic (exact) mass is 280 g/mol. The quantitative estimate of drug-likeness (QED) is 0.833. The van der Waals surface area contributed by atoms with Crippen molar-refractivity contribution in [3.05, 3.63) is 29.3 Å². The maximum absolute atomic E-state index is 12.6. The summed E-state index contributed by atoms with van der Waals surface area (Å²) in [7, 11) is -1.95. The van der Waals surface area contributed by atoms with Crippen LogP contribution in [0.2, 0.25) is 0 Å². The van der Waals surface area contributed by atoms with Crippen molar-refractivity contribution >= 4 is 10.0 Å². The zero-order valence-corrected chi connectivity index (χ0v) is 12.7. The number of nitrogens with zero attached hydrogens (tertiary/aromatic N) is 2. The lowest BCUT2D eigenvalue weighted by molar-refractivity contribution is 0.368. The molecule has 1 atom stereocenters. The van der Waals surface area contributed by atoms with E-state index in [2.05, 4.69) is 0 Å². The van der Waals surface area contributed by atoms with Crippen molar-refractivity contribution < 1.29 is 8.42 Å². The molecule has 0 N–H and O–H groups in total. The Bertz CT molecular complexity index is 588. The average Bonchev–Trinajstić information content (AvgIpc) is 2.38. The Hall–Kier alpha value is -1.38. The summed E-state index contributed by atoms with van der Waals surface area (Å²) in [6.45, 7) is 5.66. The predicted octanol–water partition coefficient (Wildman–Crippen LogP) is 2.68. The number of nitriles is 1. The largest absolute Gasteiger partial charge is 0.243 e. The van der Waals surface area contributed by atoms with Crippen LogP contribution in [-0.4, -0.2) is 25.8 Å². The molecule has 0 aliphatic heterocycles. The highest BCUT2D eigenvalue weighted by atomic mass is 32.2. The second-order valence-corrected chi connectivity index (χ2v) is 6.72. The predicted molar refractivity (Wildman–Crippen MR) is 75.2 cm³/mol. The number of hydrogen-bond acceptors (Lipinski definition) is 3. The smallest absolute Gasteiger partial charge is 0.207 e. The SMILES string of the molecule is CCCC(C)N(C)S(=O)(=O)c1cc(C#N)ccc1C. The molecule has 1 rings (SSSR count). The Labute approximate surface area is 115 Å². The third-order valence-electron chi connectivity index (χ3n) is 3.30. The molecule has 1 unspecified atom stereocenters. The Kier molecular flexibility index (Phi) is 5.10. The summed E-state index contributed by atoms with van der Waals surface area (Å²) in [6.07, 6.45) is 1.74. The van der Waals surface area contributed by atoms with E-state index >= 15 is 0 Å². The fourth-order valence-corrected chi connectivity index (χ4v) is 3.58. The molecule has 0 amide bonds. The van der Waals surface area contributed by atoms with E-state index < -0.39 is 10.0 Å². The maximum Gasteiger partial charge on any atom is 0.243 e. The van der Waals surface area contributed by atoms with Crippen LogP contribution in [0, 0.1) is 18.3 Å². The fourth-order valence-electron chi connectivity index (χ4n) is 1.94. The fraction of sp³-hybridized carbons (Fsp3) is 0.500. The van der Waals surface area contributed by atoms with Crippen molar-refractivity contribution in [2.45, 2.75) is 44.6 Å². The highest BCUT2D eigenvalue weighted by Crippen LogP contribution is 2.22. The van der Waals surface area contributed by atoms with Gasteiger partial charge in [-0.1, -0.05) is 19.4 Å². The van der Waals surface area contributed by atoms with Crippen molar-refractivity contribution in [2.75, 3.05) is 7.05 Å². The zero-order chi connectivity index (χ0) is 14.6. The molecule has 0 fully saturated rings. The molecule has 0 spiro atoms. The molecule has 1 aromatic rings. The molecule has 0 saturated heterocycles. The molecule has 0 aromatic heterocycles. The van der Waals surface area contributed by atoms with Gasteiger partial charge in [-0.2, -0.15) is 9.57 Å². The minimum atomic E-state index is -3.54. The Balaban J connectivity index is 3.24. The van der Waals surface area contributed by atoms with E-state index in [1.54, 1.807) is 26.1 Å². The molecule has 19 heavy (non-hydrogen) atoms. The molecule has 4 nitrogen and oxygen atoms in total. The van der Waals surface area contributed by atoms with Gasteiger partial charge >= 0.3 is 0 Å². The number of aryl methyl sites for hydroxylation is 1. The van der Waals surface area contributed by atoms with Crippen LogP contribution in [0.25, 0.3) is 0 Å². The lowest BCUT2D eigenvalue weighted by atomic mass is 10.2. The van der Waals surface area contributed by atoms with Crippen LogP contribution < -0.4 is 0 Å². The number of sulfonamides is 1. The van der Waals surface area contributed by atoms with Gasteiger partial charge in [-0.15, -0.1) is 0 Å². The summed E-state index contributed by atoms with van der Waals surface area (Å²) in [5.74, 6) is 0. The highest BCUT2D eigenvalue weighted by molar-refractivity contribution is 7.89. The van der Waals surface area contributed by atoms with Gasteiger partial charge in [0.15, 0.2) is 0 Å². The molecule has 0 aliphatic rings. The minimum Gasteiger partial charge on any atom is -0.207 e. The van der Waals surface area contributed by atoms with E-state index in [0.29, 0.717) is 11.1 Å². The molecule has 1 aromatic carbocycles. The standard InChI is InChI=1S/C14H20N2O2S/c1-5-6-12(3)16(4)19(17,18)14-9-13(10-15)8-7-11(14)2/h7-9,12H,5-6H2,1-4H3. The van der Waals surface area contributed by atoms with E-state index in [4.69, 9.17) is 5.26 Å². The van der Waals surface area contributed by atoms with Crippen molar-refractivity contribution in [1.82, 2.24) is 4.31 Å². The van der Waals surface area contributed by atoms with Crippen molar-refractivity contribution in [2.24, 2.45) is 0 Å². The molecule has 104 valence electrons. The summed E-state index contributed by atoms with van der Waals surface area (Å²) in [4.78, 5) is 0.219. The maximum atomic E-state index is 12.6. The Morgan fingerprint density at radius 1 is 1.42 bits per heavy atom. The van der Waals surface area contributed by atoms with Crippen LogP contribution in [-0.2, 0) is 10.0 Å². The van der Waals surface area contributed by atoms with Crippen molar-refractivity contribution in [1.29, 1.82) is 5.26 Å². The first-order valence-electron chi connectivity index (χ1n) is 6.33. The van der Waals surface area contributed by atoms with Gasteiger partial charge < -0.3 is 0 Å². The Morgan fingerprint density at radius 3 is 2.58 bits per heavy atom. The van der Waals surface area contributed by atoms with Gasteiger partial charge in [-0.05, 0) is 38.0 Å². The van der Waals surface area contributed by atoms with Crippen LogP contribution in [0.1, 0.15) is 37.8 Å². The third-order valence-corrected chi connectivity index (χ3v) is 5.42. The summed E-state index contributed by atoms with van der Waals surface area (Å²) in [6, 6.07) is 6.67. The normalized spacial score (nSPS) is 13.3. The summed E-state index contributed by atoms with van der Waals surface area (Å²) in [5, 5.41) is 8.89. The zero-order valence-electron chi connectivity index (χ0n) is 11.8. The van der Waals surface area contributed by atoms with Crippen LogP contribution in [0.4, 0.5) is 0 Å². The van der Waals surface area contributed by atoms with Gasteiger partial charge in [0.1, 0.15) is 0 Å². The third kappa shape index (κ3) is 3.34. The number of hydrogen-bond donors (Lipinski definition) is 0. The van der Waals surface area contributed by atoms with Crippen molar-refractivity contribution in [3.8, 4) is 6.07 Å². The molecule has 0 saturated carbocycles. The lowest BCUT2D eigenvalue weighted by Gasteiger charge is -2.24. The van der Waals surface area contributed by atoms with Crippen LogP contribution >= 0.6 is 0 Å².